The van der Waals surface area contributed by atoms with Crippen molar-refractivity contribution < 1.29 is 4.79 Å². The molecule has 116 valence electrons. The van der Waals surface area contributed by atoms with Crippen molar-refractivity contribution in [3.05, 3.63) is 70.3 Å². The standard InChI is InChI=1S/C18H16BrN3O/c1-12(13-6-8-15(19)9-7-13)21-22-18(23)10-14-11-20-17-5-3-2-4-16(14)17/h2-9,11,20H,10H2,1H3,(H,22,23)/b21-12-. The molecule has 2 aromatic carbocycles. The molecule has 2 N–H and O–H groups in total. The molecule has 0 bridgehead atoms. The van der Waals surface area contributed by atoms with Crippen LogP contribution in [0.1, 0.15) is 18.1 Å². The van der Waals surface area contributed by atoms with Gasteiger partial charge in [-0.3, -0.25) is 4.79 Å². The van der Waals surface area contributed by atoms with E-state index in [1.807, 2.05) is 61.7 Å². The summed E-state index contributed by atoms with van der Waals surface area (Å²) in [5, 5.41) is 5.24. The summed E-state index contributed by atoms with van der Waals surface area (Å²) < 4.78 is 1.01. The van der Waals surface area contributed by atoms with E-state index in [1.54, 1.807) is 0 Å². The number of hydrazone groups is 1. The Labute approximate surface area is 142 Å². The molecule has 5 heteroatoms. The van der Waals surface area contributed by atoms with Crippen LogP contribution in [-0.4, -0.2) is 16.6 Å². The lowest BCUT2D eigenvalue weighted by Crippen LogP contribution is -2.21. The Hall–Kier alpha value is -2.40. The number of aromatic amines is 1. The highest BCUT2D eigenvalue weighted by atomic mass is 79.9. The zero-order valence-electron chi connectivity index (χ0n) is 12.6. The second-order valence-corrected chi connectivity index (χ2v) is 6.19. The van der Waals surface area contributed by atoms with Gasteiger partial charge in [0.1, 0.15) is 0 Å². The maximum absolute atomic E-state index is 12.1. The fourth-order valence-corrected chi connectivity index (χ4v) is 2.66. The Kier molecular flexibility index (Phi) is 4.57. The van der Waals surface area contributed by atoms with E-state index >= 15 is 0 Å². The van der Waals surface area contributed by atoms with Gasteiger partial charge in [0.05, 0.1) is 12.1 Å². The van der Waals surface area contributed by atoms with Gasteiger partial charge in [0.25, 0.3) is 0 Å². The van der Waals surface area contributed by atoms with E-state index in [0.717, 1.165) is 32.2 Å². The van der Waals surface area contributed by atoms with Crippen molar-refractivity contribution in [3.63, 3.8) is 0 Å². The van der Waals surface area contributed by atoms with Gasteiger partial charge in [-0.2, -0.15) is 5.10 Å². The smallest absolute Gasteiger partial charge is 0.244 e. The molecule has 0 unspecified atom stereocenters. The second-order valence-electron chi connectivity index (χ2n) is 5.28. The molecule has 0 saturated heterocycles. The molecule has 3 rings (SSSR count). The molecule has 0 radical (unpaired) electrons. The third-order valence-corrected chi connectivity index (χ3v) is 4.16. The highest BCUT2D eigenvalue weighted by Gasteiger charge is 2.08. The summed E-state index contributed by atoms with van der Waals surface area (Å²) in [4.78, 5) is 15.3. The van der Waals surface area contributed by atoms with E-state index in [-0.39, 0.29) is 5.91 Å². The molecule has 0 fully saturated rings. The number of carbonyl (C=O) groups is 1. The minimum Gasteiger partial charge on any atom is -0.361 e. The van der Waals surface area contributed by atoms with Crippen molar-refractivity contribution in [2.24, 2.45) is 5.10 Å². The number of hydrogen-bond acceptors (Lipinski definition) is 2. The van der Waals surface area contributed by atoms with Crippen LogP contribution in [0.25, 0.3) is 10.9 Å². The Morgan fingerprint density at radius 1 is 1.17 bits per heavy atom. The van der Waals surface area contributed by atoms with Gasteiger partial charge in [-0.1, -0.05) is 46.3 Å². The number of hydrogen-bond donors (Lipinski definition) is 2. The van der Waals surface area contributed by atoms with Crippen molar-refractivity contribution in [1.29, 1.82) is 0 Å². The summed E-state index contributed by atoms with van der Waals surface area (Å²) in [6.07, 6.45) is 2.16. The summed E-state index contributed by atoms with van der Waals surface area (Å²) in [5.74, 6) is -0.133. The van der Waals surface area contributed by atoms with Crippen LogP contribution >= 0.6 is 15.9 Å². The van der Waals surface area contributed by atoms with Gasteiger partial charge >= 0.3 is 0 Å². The highest BCUT2D eigenvalue weighted by molar-refractivity contribution is 9.10. The first-order valence-corrected chi connectivity index (χ1v) is 8.07. The quantitative estimate of drug-likeness (QED) is 0.529. The zero-order chi connectivity index (χ0) is 16.2. The number of nitrogens with one attached hydrogen (secondary N) is 2. The van der Waals surface area contributed by atoms with Crippen LogP contribution in [0.5, 0.6) is 0 Å². The molecule has 0 saturated carbocycles. The van der Waals surface area contributed by atoms with E-state index in [1.165, 1.54) is 0 Å². The summed E-state index contributed by atoms with van der Waals surface area (Å²) in [6, 6.07) is 15.7. The maximum Gasteiger partial charge on any atom is 0.244 e. The van der Waals surface area contributed by atoms with E-state index < -0.39 is 0 Å². The molecule has 0 aliphatic carbocycles. The first-order chi connectivity index (χ1) is 11.1. The van der Waals surface area contributed by atoms with Crippen LogP contribution in [0.2, 0.25) is 0 Å². The molecule has 0 atom stereocenters. The first-order valence-electron chi connectivity index (χ1n) is 7.27. The average molecular weight is 370 g/mol. The molecule has 0 spiro atoms. The fourth-order valence-electron chi connectivity index (χ4n) is 2.39. The van der Waals surface area contributed by atoms with Gasteiger partial charge in [0.15, 0.2) is 0 Å². The van der Waals surface area contributed by atoms with Gasteiger partial charge in [-0.05, 0) is 36.2 Å². The van der Waals surface area contributed by atoms with Crippen molar-refractivity contribution in [2.75, 3.05) is 0 Å². The van der Waals surface area contributed by atoms with Gasteiger partial charge in [-0.25, -0.2) is 5.43 Å². The monoisotopic (exact) mass is 369 g/mol. The number of fused-ring (bicyclic) bond motifs is 1. The van der Waals surface area contributed by atoms with Crippen LogP contribution in [0.3, 0.4) is 0 Å². The van der Waals surface area contributed by atoms with E-state index in [2.05, 4.69) is 31.4 Å². The van der Waals surface area contributed by atoms with E-state index in [4.69, 9.17) is 0 Å². The SMILES string of the molecule is C/C(=N/NC(=O)Cc1c[nH]c2ccccc12)c1ccc(Br)cc1. The predicted octanol–water partition coefficient (Wildman–Crippen LogP) is 4.01. The normalized spacial score (nSPS) is 11.7. The fraction of sp³-hybridized carbons (Fsp3) is 0.111. The van der Waals surface area contributed by atoms with Crippen molar-refractivity contribution in [2.45, 2.75) is 13.3 Å². The summed E-state index contributed by atoms with van der Waals surface area (Å²) in [7, 11) is 0. The van der Waals surface area contributed by atoms with Crippen LogP contribution in [-0.2, 0) is 11.2 Å². The molecule has 0 aliphatic rings. The van der Waals surface area contributed by atoms with Gasteiger partial charge in [-0.15, -0.1) is 0 Å². The number of H-pyrrole nitrogens is 1. The Morgan fingerprint density at radius 2 is 1.91 bits per heavy atom. The number of nitrogens with zero attached hydrogens (tertiary/aromatic N) is 1. The van der Waals surface area contributed by atoms with Crippen LogP contribution in [0.15, 0.2) is 64.3 Å². The minimum absolute atomic E-state index is 0.133. The molecule has 1 heterocycles. The molecule has 1 aromatic heterocycles. The topological polar surface area (TPSA) is 57.2 Å². The Morgan fingerprint density at radius 3 is 2.70 bits per heavy atom. The summed E-state index contributed by atoms with van der Waals surface area (Å²) in [5.41, 5.74) is 6.36. The number of benzene rings is 2. The second kappa shape index (κ2) is 6.79. The van der Waals surface area contributed by atoms with Crippen molar-refractivity contribution in [1.82, 2.24) is 10.4 Å². The van der Waals surface area contributed by atoms with Crippen LogP contribution < -0.4 is 5.43 Å². The Balaban J connectivity index is 1.67. The lowest BCUT2D eigenvalue weighted by Gasteiger charge is -2.03. The lowest BCUT2D eigenvalue weighted by atomic mass is 10.1. The van der Waals surface area contributed by atoms with Gasteiger partial charge in [0, 0.05) is 21.6 Å². The third kappa shape index (κ3) is 3.68. The number of para-hydroxylation sites is 1. The molecular weight excluding hydrogens is 354 g/mol. The number of rotatable bonds is 4. The molecule has 23 heavy (non-hydrogen) atoms. The van der Waals surface area contributed by atoms with E-state index in [9.17, 15) is 4.79 Å². The minimum atomic E-state index is -0.133. The van der Waals surface area contributed by atoms with Crippen LogP contribution in [0.4, 0.5) is 0 Å². The highest BCUT2D eigenvalue weighted by Crippen LogP contribution is 2.18. The third-order valence-electron chi connectivity index (χ3n) is 3.64. The van der Waals surface area contributed by atoms with Crippen LogP contribution in [0, 0.1) is 0 Å². The number of carbonyl (C=O) groups excluding carboxylic acids is 1. The van der Waals surface area contributed by atoms with Gasteiger partial charge in [0.2, 0.25) is 5.91 Å². The van der Waals surface area contributed by atoms with E-state index in [0.29, 0.717) is 6.42 Å². The molecule has 4 nitrogen and oxygen atoms in total. The average Bonchev–Trinajstić information content (AvgIpc) is 2.96. The number of aromatic nitrogens is 1. The molecular formula is C18H16BrN3O. The maximum atomic E-state index is 12.1. The summed E-state index contributed by atoms with van der Waals surface area (Å²) >= 11 is 3.40. The summed E-state index contributed by atoms with van der Waals surface area (Å²) in [6.45, 7) is 1.87. The molecule has 1 amide bonds. The Bertz CT molecular complexity index is 865. The zero-order valence-corrected chi connectivity index (χ0v) is 14.2. The van der Waals surface area contributed by atoms with Gasteiger partial charge < -0.3 is 4.98 Å². The van der Waals surface area contributed by atoms with Crippen molar-refractivity contribution >= 4 is 38.5 Å². The lowest BCUT2D eigenvalue weighted by molar-refractivity contribution is -0.120. The predicted molar refractivity (Wildman–Crippen MR) is 96.5 cm³/mol. The largest absolute Gasteiger partial charge is 0.361 e. The molecule has 0 aliphatic heterocycles. The van der Waals surface area contributed by atoms with Crippen molar-refractivity contribution in [3.8, 4) is 0 Å². The first kappa shape index (κ1) is 15.5. The number of halogens is 1. The number of amides is 1. The molecule has 3 aromatic rings.